The van der Waals surface area contributed by atoms with Crippen LogP contribution in [0.3, 0.4) is 0 Å². The quantitative estimate of drug-likeness (QED) is 0.906. The molecule has 0 aromatic heterocycles. The zero-order valence-corrected chi connectivity index (χ0v) is 9.91. The number of aliphatic hydroxyl groups is 1. The Bertz CT molecular complexity index is 442. The van der Waals surface area contributed by atoms with Crippen LogP contribution in [0.4, 0.5) is 13.2 Å². The summed E-state index contributed by atoms with van der Waals surface area (Å²) >= 11 is 0. The van der Waals surface area contributed by atoms with Crippen molar-refractivity contribution in [3.63, 3.8) is 0 Å². The molecule has 6 heteroatoms. The smallest absolute Gasteiger partial charge is 0.421 e. The van der Waals surface area contributed by atoms with Crippen molar-refractivity contribution < 1.29 is 27.8 Å². The summed E-state index contributed by atoms with van der Waals surface area (Å²) in [6.45, 7) is 0.997. The van der Waals surface area contributed by atoms with E-state index in [0.29, 0.717) is 0 Å². The van der Waals surface area contributed by atoms with E-state index in [4.69, 9.17) is 4.74 Å². The van der Waals surface area contributed by atoms with Gasteiger partial charge in [-0.15, -0.1) is 0 Å². The molecule has 0 heterocycles. The molecule has 0 aliphatic heterocycles. The van der Waals surface area contributed by atoms with E-state index in [1.54, 1.807) is 0 Å². The van der Waals surface area contributed by atoms with Crippen molar-refractivity contribution in [1.29, 1.82) is 0 Å². The van der Waals surface area contributed by atoms with Gasteiger partial charge in [0, 0.05) is 6.42 Å². The summed E-state index contributed by atoms with van der Waals surface area (Å²) in [5.74, 6) is -0.573. The molecule has 0 amide bonds. The summed E-state index contributed by atoms with van der Waals surface area (Å²) in [6.07, 6.45) is -5.96. The molecular weight excluding hydrogens is 249 g/mol. The number of halogens is 3. The predicted octanol–water partition coefficient (Wildman–Crippen LogP) is 2.42. The summed E-state index contributed by atoms with van der Waals surface area (Å²) in [5.41, 5.74) is -3.60. The van der Waals surface area contributed by atoms with Crippen LogP contribution in [0.15, 0.2) is 24.3 Å². The van der Waals surface area contributed by atoms with Gasteiger partial charge in [0.2, 0.25) is 0 Å². The van der Waals surface area contributed by atoms with E-state index in [0.717, 1.165) is 19.1 Å². The molecule has 1 aromatic carbocycles. The number of benzene rings is 1. The van der Waals surface area contributed by atoms with Gasteiger partial charge in [-0.3, -0.25) is 4.79 Å². The monoisotopic (exact) mass is 262 g/mol. The van der Waals surface area contributed by atoms with Gasteiger partial charge >= 0.3 is 6.18 Å². The summed E-state index contributed by atoms with van der Waals surface area (Å²) in [7, 11) is 1.30. The molecule has 1 aromatic rings. The summed E-state index contributed by atoms with van der Waals surface area (Å²) in [5, 5.41) is 9.81. The molecule has 0 unspecified atom stereocenters. The average molecular weight is 262 g/mol. The number of ketones is 1. The molecule has 0 fully saturated rings. The van der Waals surface area contributed by atoms with Crippen molar-refractivity contribution in [3.8, 4) is 5.75 Å². The van der Waals surface area contributed by atoms with Crippen molar-refractivity contribution in [2.24, 2.45) is 0 Å². The second-order valence-electron chi connectivity index (χ2n) is 3.97. The first-order valence-corrected chi connectivity index (χ1v) is 5.14. The molecule has 100 valence electrons. The van der Waals surface area contributed by atoms with E-state index < -0.39 is 29.5 Å². The molecule has 3 nitrogen and oxygen atoms in total. The van der Waals surface area contributed by atoms with Crippen LogP contribution in [0, 0.1) is 0 Å². The second-order valence-corrected chi connectivity index (χ2v) is 3.97. The molecule has 1 N–H and O–H groups in total. The molecule has 1 rings (SSSR count). The highest BCUT2D eigenvalue weighted by molar-refractivity contribution is 5.77. The fraction of sp³-hybridized carbons (Fsp3) is 0.417. The van der Waals surface area contributed by atoms with Gasteiger partial charge in [-0.2, -0.15) is 13.2 Å². The number of Topliss-reactive ketones (excluding diaryl/α,β-unsaturated/α-hetero) is 1. The molecule has 0 bridgehead atoms. The van der Waals surface area contributed by atoms with Crippen molar-refractivity contribution in [2.45, 2.75) is 25.1 Å². The van der Waals surface area contributed by atoms with Crippen molar-refractivity contribution in [3.05, 3.63) is 29.8 Å². The zero-order chi connectivity index (χ0) is 14.0. The normalized spacial score (nSPS) is 15.0. The standard InChI is InChI=1S/C12H13F3O3/c1-8(16)7-11(17,12(13,14)15)9-4-3-5-10(6-9)18-2/h3-6,17H,7H2,1-2H3/t11-/m0/s1. The van der Waals surface area contributed by atoms with E-state index >= 15 is 0 Å². The number of carbonyl (C=O) groups excluding carboxylic acids is 1. The molecule has 0 radical (unpaired) electrons. The Hall–Kier alpha value is -1.56. The van der Waals surface area contributed by atoms with Gasteiger partial charge in [-0.1, -0.05) is 12.1 Å². The van der Waals surface area contributed by atoms with Crippen LogP contribution in [0.1, 0.15) is 18.9 Å². The minimum Gasteiger partial charge on any atom is -0.497 e. The molecule has 1 atom stereocenters. The number of carbonyl (C=O) groups is 1. The number of hydrogen-bond donors (Lipinski definition) is 1. The Morgan fingerprint density at radius 1 is 1.39 bits per heavy atom. The van der Waals surface area contributed by atoms with Crippen molar-refractivity contribution in [1.82, 2.24) is 0 Å². The average Bonchev–Trinajstić information content (AvgIpc) is 2.26. The van der Waals surface area contributed by atoms with Crippen molar-refractivity contribution in [2.75, 3.05) is 7.11 Å². The summed E-state index contributed by atoms with van der Waals surface area (Å²) in [6, 6.07) is 4.95. The highest BCUT2D eigenvalue weighted by Crippen LogP contribution is 2.42. The third kappa shape index (κ3) is 2.81. The topological polar surface area (TPSA) is 46.5 Å². The number of hydrogen-bond acceptors (Lipinski definition) is 3. The van der Waals surface area contributed by atoms with E-state index in [2.05, 4.69) is 0 Å². The molecule has 0 saturated carbocycles. The number of rotatable bonds is 4. The Labute approximate surface area is 102 Å². The zero-order valence-electron chi connectivity index (χ0n) is 9.91. The van der Waals surface area contributed by atoms with Crippen molar-refractivity contribution >= 4 is 5.78 Å². The second kappa shape index (κ2) is 4.97. The Morgan fingerprint density at radius 3 is 2.44 bits per heavy atom. The molecule has 0 saturated heterocycles. The van der Waals surface area contributed by atoms with E-state index in [9.17, 15) is 23.1 Å². The largest absolute Gasteiger partial charge is 0.497 e. The maximum Gasteiger partial charge on any atom is 0.421 e. The van der Waals surface area contributed by atoms with E-state index in [-0.39, 0.29) is 5.75 Å². The maximum absolute atomic E-state index is 12.9. The lowest BCUT2D eigenvalue weighted by atomic mass is 9.88. The van der Waals surface area contributed by atoms with Crippen LogP contribution in [-0.2, 0) is 10.4 Å². The number of methoxy groups -OCH3 is 1. The Morgan fingerprint density at radius 2 is 2.00 bits per heavy atom. The third-order valence-electron chi connectivity index (χ3n) is 2.52. The highest BCUT2D eigenvalue weighted by Gasteiger charge is 2.55. The van der Waals surface area contributed by atoms with Gasteiger partial charge in [-0.25, -0.2) is 0 Å². The van der Waals surface area contributed by atoms with Crippen LogP contribution in [0.25, 0.3) is 0 Å². The van der Waals surface area contributed by atoms with E-state index in [1.807, 2.05) is 0 Å². The molecule has 18 heavy (non-hydrogen) atoms. The summed E-state index contributed by atoms with van der Waals surface area (Å²) < 4.78 is 43.6. The number of alkyl halides is 3. The summed E-state index contributed by atoms with van der Waals surface area (Å²) in [4.78, 5) is 10.9. The van der Waals surface area contributed by atoms with Crippen LogP contribution in [0.2, 0.25) is 0 Å². The molecule has 0 aliphatic rings. The first-order valence-electron chi connectivity index (χ1n) is 5.14. The number of ether oxygens (including phenoxy) is 1. The molecule has 0 spiro atoms. The highest BCUT2D eigenvalue weighted by atomic mass is 19.4. The maximum atomic E-state index is 12.9. The van der Waals surface area contributed by atoms with E-state index in [1.165, 1.54) is 19.2 Å². The van der Waals surface area contributed by atoms with Gasteiger partial charge in [0.15, 0.2) is 5.60 Å². The lowest BCUT2D eigenvalue weighted by Gasteiger charge is -2.30. The molecule has 0 aliphatic carbocycles. The van der Waals surface area contributed by atoms with Crippen LogP contribution < -0.4 is 4.74 Å². The SMILES string of the molecule is COc1cccc([C@@](O)(CC(C)=O)C(F)(F)F)c1. The van der Waals surface area contributed by atoms with Crippen LogP contribution >= 0.6 is 0 Å². The first kappa shape index (κ1) is 14.5. The first-order chi connectivity index (χ1) is 8.20. The third-order valence-corrected chi connectivity index (χ3v) is 2.52. The minimum absolute atomic E-state index is 0.179. The molecular formula is C12H13F3O3. The predicted molar refractivity (Wildman–Crippen MR) is 58.2 cm³/mol. The fourth-order valence-electron chi connectivity index (χ4n) is 1.61. The lowest BCUT2D eigenvalue weighted by molar-refractivity contribution is -0.267. The minimum atomic E-state index is -4.94. The fourth-order valence-corrected chi connectivity index (χ4v) is 1.61. The van der Waals surface area contributed by atoms with Crippen LogP contribution in [-0.4, -0.2) is 24.2 Å². The Kier molecular flexibility index (Phi) is 4.01. The Balaban J connectivity index is 3.29. The lowest BCUT2D eigenvalue weighted by Crippen LogP contribution is -2.43. The van der Waals surface area contributed by atoms with Gasteiger partial charge in [0.05, 0.1) is 7.11 Å². The van der Waals surface area contributed by atoms with Crippen LogP contribution in [0.5, 0.6) is 5.75 Å². The van der Waals surface area contributed by atoms with Gasteiger partial charge in [0.25, 0.3) is 0 Å². The van der Waals surface area contributed by atoms with Gasteiger partial charge < -0.3 is 9.84 Å². The van der Waals surface area contributed by atoms with Gasteiger partial charge in [0.1, 0.15) is 11.5 Å². The van der Waals surface area contributed by atoms with Gasteiger partial charge in [-0.05, 0) is 24.6 Å².